The molecule has 1 saturated heterocycles. The molecule has 0 saturated carbocycles. The summed E-state index contributed by atoms with van der Waals surface area (Å²) in [6.45, 7) is 0.495. The van der Waals surface area contributed by atoms with E-state index in [0.29, 0.717) is 13.0 Å². The van der Waals surface area contributed by atoms with E-state index in [1.165, 1.54) is 10.5 Å². The van der Waals surface area contributed by atoms with Gasteiger partial charge in [-0.1, -0.05) is 30.3 Å². The number of nitrogens with one attached hydrogen (secondary N) is 1. The molecule has 2 rings (SSSR count). The van der Waals surface area contributed by atoms with Crippen LogP contribution in [0.4, 0.5) is 4.79 Å². The minimum absolute atomic E-state index is 0.0721. The molecule has 108 valence electrons. The fourth-order valence-electron chi connectivity index (χ4n) is 2.31. The number of nitrogens with zero attached hydrogens (tertiary/aromatic N) is 1. The minimum Gasteiger partial charge on any atom is -0.326 e. The van der Waals surface area contributed by atoms with Crippen LogP contribution in [0.15, 0.2) is 30.3 Å². The number of thioether (sulfide) groups is 1. The number of hydrogen-bond donors (Lipinski definition) is 1. The van der Waals surface area contributed by atoms with Crippen LogP contribution in [0.5, 0.6) is 0 Å². The van der Waals surface area contributed by atoms with Gasteiger partial charge >= 0.3 is 6.03 Å². The van der Waals surface area contributed by atoms with E-state index >= 15 is 0 Å². The molecular weight excluding hydrogens is 272 g/mol. The van der Waals surface area contributed by atoms with Gasteiger partial charge in [0.15, 0.2) is 0 Å². The van der Waals surface area contributed by atoms with Crippen LogP contribution in [0.3, 0.4) is 0 Å². The second kappa shape index (κ2) is 7.33. The lowest BCUT2D eigenvalue weighted by molar-refractivity contribution is -0.127. The van der Waals surface area contributed by atoms with Crippen molar-refractivity contribution in [2.45, 2.75) is 25.3 Å². The van der Waals surface area contributed by atoms with E-state index in [2.05, 4.69) is 17.4 Å². The summed E-state index contributed by atoms with van der Waals surface area (Å²) in [5, 5.41) is 2.76. The highest BCUT2D eigenvalue weighted by molar-refractivity contribution is 7.98. The Kier molecular flexibility index (Phi) is 5.47. The van der Waals surface area contributed by atoms with Gasteiger partial charge in [-0.15, -0.1) is 0 Å². The van der Waals surface area contributed by atoms with Gasteiger partial charge in [0, 0.05) is 6.54 Å². The zero-order chi connectivity index (χ0) is 14.4. The highest BCUT2D eigenvalue weighted by Gasteiger charge is 2.36. The van der Waals surface area contributed by atoms with Crippen LogP contribution in [0, 0.1) is 0 Å². The fourth-order valence-corrected chi connectivity index (χ4v) is 2.78. The average Bonchev–Trinajstić information content (AvgIpc) is 2.73. The molecule has 20 heavy (non-hydrogen) atoms. The van der Waals surface area contributed by atoms with Crippen molar-refractivity contribution < 1.29 is 9.59 Å². The van der Waals surface area contributed by atoms with E-state index < -0.39 is 0 Å². The van der Waals surface area contributed by atoms with Gasteiger partial charge in [0.25, 0.3) is 5.91 Å². The van der Waals surface area contributed by atoms with E-state index in [0.717, 1.165) is 18.6 Å². The Balaban J connectivity index is 1.80. The van der Waals surface area contributed by atoms with E-state index in [1.807, 2.05) is 24.5 Å². The maximum Gasteiger partial charge on any atom is 0.324 e. The number of carbonyl (C=O) groups excluding carboxylic acids is 2. The lowest BCUT2D eigenvalue weighted by Crippen LogP contribution is -2.32. The molecule has 0 aliphatic carbocycles. The molecule has 5 heteroatoms. The Labute approximate surface area is 123 Å². The molecule has 1 fully saturated rings. The number of urea groups is 1. The van der Waals surface area contributed by atoms with Crippen molar-refractivity contribution in [2.75, 3.05) is 18.6 Å². The van der Waals surface area contributed by atoms with Crippen molar-refractivity contribution in [3.63, 3.8) is 0 Å². The summed E-state index contributed by atoms with van der Waals surface area (Å²) in [5.41, 5.74) is 1.23. The molecular formula is C15H20N2O2S. The number of aryl methyl sites for hydroxylation is 1. The van der Waals surface area contributed by atoms with Crippen molar-refractivity contribution >= 4 is 23.7 Å². The zero-order valence-corrected chi connectivity index (χ0v) is 12.5. The predicted octanol–water partition coefficient (Wildman–Crippen LogP) is 2.29. The van der Waals surface area contributed by atoms with Crippen LogP contribution < -0.4 is 5.32 Å². The lowest BCUT2D eigenvalue weighted by atomic mass is 10.1. The predicted molar refractivity (Wildman–Crippen MR) is 81.8 cm³/mol. The fraction of sp³-hybridized carbons (Fsp3) is 0.467. The first kappa shape index (κ1) is 14.9. The molecule has 0 aromatic heterocycles. The van der Waals surface area contributed by atoms with Crippen molar-refractivity contribution in [1.29, 1.82) is 0 Å². The van der Waals surface area contributed by atoms with Crippen LogP contribution in [0.25, 0.3) is 0 Å². The van der Waals surface area contributed by atoms with Crippen molar-refractivity contribution in [1.82, 2.24) is 10.2 Å². The first-order chi connectivity index (χ1) is 9.72. The largest absolute Gasteiger partial charge is 0.326 e. The Morgan fingerprint density at radius 3 is 2.70 bits per heavy atom. The molecule has 1 N–H and O–H groups in total. The van der Waals surface area contributed by atoms with Crippen LogP contribution >= 0.6 is 11.8 Å². The normalized spacial score (nSPS) is 18.4. The van der Waals surface area contributed by atoms with Gasteiger partial charge in [-0.25, -0.2) is 4.79 Å². The third-order valence-electron chi connectivity index (χ3n) is 3.41. The molecule has 3 amide bonds. The quantitative estimate of drug-likeness (QED) is 0.785. The van der Waals surface area contributed by atoms with E-state index in [-0.39, 0.29) is 18.0 Å². The summed E-state index contributed by atoms with van der Waals surface area (Å²) in [6.07, 6.45) is 4.39. The third kappa shape index (κ3) is 3.76. The second-order valence-corrected chi connectivity index (χ2v) is 5.85. The number of amides is 3. The Morgan fingerprint density at radius 1 is 1.25 bits per heavy atom. The smallest absolute Gasteiger partial charge is 0.324 e. The molecule has 1 aliphatic heterocycles. The summed E-state index contributed by atoms with van der Waals surface area (Å²) >= 11 is 1.69. The second-order valence-electron chi connectivity index (χ2n) is 4.86. The van der Waals surface area contributed by atoms with E-state index in [9.17, 15) is 9.59 Å². The number of benzene rings is 1. The molecule has 1 unspecified atom stereocenters. The topological polar surface area (TPSA) is 49.4 Å². The molecule has 4 nitrogen and oxygen atoms in total. The number of hydrogen-bond acceptors (Lipinski definition) is 3. The number of rotatable bonds is 7. The summed E-state index contributed by atoms with van der Waals surface area (Å²) < 4.78 is 0. The van der Waals surface area contributed by atoms with Crippen LogP contribution in [-0.4, -0.2) is 41.4 Å². The summed E-state index contributed by atoms with van der Waals surface area (Å²) in [4.78, 5) is 25.2. The molecule has 1 aromatic rings. The molecule has 1 atom stereocenters. The van der Waals surface area contributed by atoms with Gasteiger partial charge in [0.05, 0.1) is 0 Å². The standard InChI is InChI=1S/C15H20N2O2S/c1-20-11-9-13-14(18)17(15(19)16-13)10-5-8-12-6-3-2-4-7-12/h2-4,6-7,13H,5,8-11H2,1H3,(H,16,19). The number of imide groups is 1. The highest BCUT2D eigenvalue weighted by Crippen LogP contribution is 2.13. The Hall–Kier alpha value is -1.49. The summed E-state index contributed by atoms with van der Waals surface area (Å²) in [5.74, 6) is 0.811. The average molecular weight is 292 g/mol. The minimum atomic E-state index is -0.327. The SMILES string of the molecule is CSCCC1NC(=O)N(CCCc2ccccc2)C1=O. The Bertz CT molecular complexity index is 464. The summed E-state index contributed by atoms with van der Waals surface area (Å²) in [7, 11) is 0. The lowest BCUT2D eigenvalue weighted by Gasteiger charge is -2.12. The van der Waals surface area contributed by atoms with Crippen LogP contribution in [0.1, 0.15) is 18.4 Å². The van der Waals surface area contributed by atoms with Crippen molar-refractivity contribution in [3.8, 4) is 0 Å². The molecule has 1 aliphatic rings. The van der Waals surface area contributed by atoms with Crippen molar-refractivity contribution in [3.05, 3.63) is 35.9 Å². The maximum atomic E-state index is 12.1. The number of carbonyl (C=O) groups is 2. The van der Waals surface area contributed by atoms with Crippen LogP contribution in [0.2, 0.25) is 0 Å². The van der Waals surface area contributed by atoms with Crippen LogP contribution in [-0.2, 0) is 11.2 Å². The molecule has 0 spiro atoms. The van der Waals surface area contributed by atoms with Gasteiger partial charge in [-0.05, 0) is 36.8 Å². The van der Waals surface area contributed by atoms with Gasteiger partial charge in [-0.3, -0.25) is 9.69 Å². The van der Waals surface area contributed by atoms with Gasteiger partial charge < -0.3 is 5.32 Å². The molecule has 1 heterocycles. The monoisotopic (exact) mass is 292 g/mol. The van der Waals surface area contributed by atoms with E-state index in [4.69, 9.17) is 0 Å². The first-order valence-electron chi connectivity index (χ1n) is 6.87. The Morgan fingerprint density at radius 2 is 2.00 bits per heavy atom. The van der Waals surface area contributed by atoms with Gasteiger partial charge in [0.2, 0.25) is 0 Å². The molecule has 0 bridgehead atoms. The highest BCUT2D eigenvalue weighted by atomic mass is 32.2. The zero-order valence-electron chi connectivity index (χ0n) is 11.7. The summed E-state index contributed by atoms with van der Waals surface area (Å²) in [6, 6.07) is 9.54. The third-order valence-corrected chi connectivity index (χ3v) is 4.05. The van der Waals surface area contributed by atoms with Gasteiger partial charge in [0.1, 0.15) is 6.04 Å². The molecule has 1 aromatic carbocycles. The van der Waals surface area contributed by atoms with E-state index in [1.54, 1.807) is 11.8 Å². The van der Waals surface area contributed by atoms with Gasteiger partial charge in [-0.2, -0.15) is 11.8 Å². The first-order valence-corrected chi connectivity index (χ1v) is 8.26. The molecule has 0 radical (unpaired) electrons. The maximum absolute atomic E-state index is 12.1. The van der Waals surface area contributed by atoms with Crippen molar-refractivity contribution in [2.24, 2.45) is 0 Å².